The molecule has 0 heterocycles. The lowest BCUT2D eigenvalue weighted by Gasteiger charge is -2.57. The number of aliphatic hydroxyl groups is 1. The van der Waals surface area contributed by atoms with Crippen molar-refractivity contribution in [3.05, 3.63) is 63.5 Å². The Morgan fingerprint density at radius 1 is 1.06 bits per heavy atom. The molecule has 6 atom stereocenters. The van der Waals surface area contributed by atoms with E-state index in [0.717, 1.165) is 56.1 Å². The Bertz CT molecular complexity index is 1170. The molecular formula is C28H35NO3S. The number of benzene rings is 1. The van der Waals surface area contributed by atoms with Crippen molar-refractivity contribution < 1.29 is 13.5 Å². The number of rotatable bonds is 2. The van der Waals surface area contributed by atoms with Gasteiger partial charge in [0.05, 0.1) is 17.6 Å². The van der Waals surface area contributed by atoms with E-state index < -0.39 is 9.84 Å². The molecule has 3 saturated carbocycles. The Hall–Kier alpha value is -1.90. The van der Waals surface area contributed by atoms with Gasteiger partial charge >= 0.3 is 0 Å². The van der Waals surface area contributed by atoms with Crippen LogP contribution in [0.5, 0.6) is 0 Å². The quantitative estimate of drug-likeness (QED) is 0.416. The van der Waals surface area contributed by atoms with E-state index in [-0.39, 0.29) is 26.9 Å². The van der Waals surface area contributed by atoms with Crippen LogP contribution in [-0.4, -0.2) is 19.6 Å². The number of allylic oxidation sites excluding steroid dienone is 2. The van der Waals surface area contributed by atoms with Crippen LogP contribution >= 0.6 is 0 Å². The second-order valence-electron chi connectivity index (χ2n) is 11.4. The molecule has 1 aromatic carbocycles. The number of aliphatic hydroxyl groups excluding tert-OH is 1. The molecule has 1 N–H and O–H groups in total. The molecule has 1 unspecified atom stereocenters. The van der Waals surface area contributed by atoms with Crippen molar-refractivity contribution in [2.45, 2.75) is 83.1 Å². The van der Waals surface area contributed by atoms with Gasteiger partial charge in [-0.25, -0.2) is 13.3 Å². The first kappa shape index (κ1) is 22.9. The van der Waals surface area contributed by atoms with E-state index in [1.54, 1.807) is 24.3 Å². The maximum absolute atomic E-state index is 13.5. The van der Waals surface area contributed by atoms with E-state index in [9.17, 15) is 13.5 Å². The van der Waals surface area contributed by atoms with Gasteiger partial charge < -0.3 is 5.11 Å². The molecule has 4 nitrogen and oxygen atoms in total. The molecule has 3 fully saturated rings. The van der Waals surface area contributed by atoms with Crippen molar-refractivity contribution in [1.29, 1.82) is 0 Å². The summed E-state index contributed by atoms with van der Waals surface area (Å²) in [5, 5.41) is 10.2. The molecule has 33 heavy (non-hydrogen) atoms. The summed E-state index contributed by atoms with van der Waals surface area (Å²) in [6, 6.07) is 6.87. The standard InChI is InChI=1S/C28H35NO3S/c1-18-5-8-21(9-6-18)33(31,32)26(29-4)25-12-11-23-22-10-7-19-17-20(30)13-15-27(19,2)24(22)14-16-28(23,25)3/h5-9,20,22-24,30H,10-17H2,1-3H3/t20?,22-,23-,24-,27-,28-/m0/s1. The van der Waals surface area contributed by atoms with E-state index in [0.29, 0.717) is 24.2 Å². The molecular weight excluding hydrogens is 430 g/mol. The third kappa shape index (κ3) is 3.36. The fraction of sp³-hybridized carbons (Fsp3) is 0.607. The molecule has 0 radical (unpaired) electrons. The number of hydrogen-bond acceptors (Lipinski definition) is 3. The third-order valence-electron chi connectivity index (χ3n) is 9.81. The largest absolute Gasteiger partial charge is 0.393 e. The van der Waals surface area contributed by atoms with Gasteiger partial charge in [0, 0.05) is 0 Å². The Balaban J connectivity index is 1.53. The zero-order valence-electron chi connectivity index (χ0n) is 20.0. The van der Waals surface area contributed by atoms with Crippen LogP contribution in [-0.2, 0) is 9.84 Å². The molecule has 0 spiro atoms. The third-order valence-corrected chi connectivity index (χ3v) is 11.5. The molecule has 0 aliphatic heterocycles. The van der Waals surface area contributed by atoms with Crippen LogP contribution in [0.1, 0.15) is 70.8 Å². The minimum Gasteiger partial charge on any atom is -0.393 e. The normalized spacial score (nSPS) is 39.5. The lowest BCUT2D eigenvalue weighted by Crippen LogP contribution is -2.49. The Morgan fingerprint density at radius 2 is 1.73 bits per heavy atom. The van der Waals surface area contributed by atoms with E-state index in [2.05, 4.69) is 24.8 Å². The zero-order valence-corrected chi connectivity index (χ0v) is 20.8. The minimum absolute atomic E-state index is 0.0196. The van der Waals surface area contributed by atoms with Crippen LogP contribution in [0.25, 0.3) is 4.85 Å². The summed E-state index contributed by atoms with van der Waals surface area (Å²) in [4.78, 5) is 3.90. The van der Waals surface area contributed by atoms with Gasteiger partial charge in [-0.3, -0.25) is 0 Å². The summed E-state index contributed by atoms with van der Waals surface area (Å²) in [5.41, 5.74) is 3.26. The molecule has 0 bridgehead atoms. The highest BCUT2D eigenvalue weighted by molar-refractivity contribution is 7.95. The van der Waals surface area contributed by atoms with Gasteiger partial charge in [0.1, 0.15) is 0 Å². The van der Waals surface area contributed by atoms with Crippen molar-refractivity contribution >= 4 is 9.84 Å². The highest BCUT2D eigenvalue weighted by Crippen LogP contribution is 2.66. The summed E-state index contributed by atoms with van der Waals surface area (Å²) >= 11 is 0. The smallest absolute Gasteiger partial charge is 0.282 e. The fourth-order valence-electron chi connectivity index (χ4n) is 7.92. The van der Waals surface area contributed by atoms with Crippen LogP contribution in [0.3, 0.4) is 0 Å². The van der Waals surface area contributed by atoms with Gasteiger partial charge in [-0.2, -0.15) is 0 Å². The molecule has 4 aliphatic carbocycles. The molecule has 5 rings (SSSR count). The van der Waals surface area contributed by atoms with Crippen LogP contribution in [0.15, 0.2) is 51.4 Å². The highest BCUT2D eigenvalue weighted by Gasteiger charge is 2.58. The predicted octanol–water partition coefficient (Wildman–Crippen LogP) is 6.22. The maximum atomic E-state index is 13.5. The van der Waals surface area contributed by atoms with Gasteiger partial charge in [-0.1, -0.05) is 43.2 Å². The lowest BCUT2D eigenvalue weighted by molar-refractivity contribution is -0.0268. The van der Waals surface area contributed by atoms with Crippen molar-refractivity contribution in [1.82, 2.24) is 0 Å². The molecule has 4 aliphatic rings. The summed E-state index contributed by atoms with van der Waals surface area (Å²) in [6.07, 6.45) is 9.64. The lowest BCUT2D eigenvalue weighted by atomic mass is 9.48. The van der Waals surface area contributed by atoms with E-state index in [1.807, 2.05) is 6.92 Å². The van der Waals surface area contributed by atoms with E-state index >= 15 is 0 Å². The summed E-state index contributed by atoms with van der Waals surface area (Å²) in [7, 11) is -3.82. The van der Waals surface area contributed by atoms with Gasteiger partial charge in [-0.05, 0) is 105 Å². The van der Waals surface area contributed by atoms with Gasteiger partial charge in [0.25, 0.3) is 5.03 Å². The fourth-order valence-corrected chi connectivity index (χ4v) is 9.42. The van der Waals surface area contributed by atoms with Crippen molar-refractivity contribution in [2.24, 2.45) is 28.6 Å². The SMILES string of the molecule is [C-]#[N+]C(=C1CC[C@H]2[C@@H]3CC=C4CC(O)CC[C@]4(C)[C@H]3CC[C@]12C)S(=O)(=O)c1ccc(C)cc1. The second-order valence-corrected chi connectivity index (χ2v) is 13.2. The van der Waals surface area contributed by atoms with Crippen LogP contribution in [0.4, 0.5) is 0 Å². The first-order chi connectivity index (χ1) is 15.6. The first-order valence-corrected chi connectivity index (χ1v) is 13.9. The number of sulfone groups is 1. The molecule has 0 amide bonds. The van der Waals surface area contributed by atoms with Crippen LogP contribution in [0.2, 0.25) is 0 Å². The number of hydrogen-bond donors (Lipinski definition) is 1. The van der Waals surface area contributed by atoms with E-state index in [4.69, 9.17) is 6.57 Å². The summed E-state index contributed by atoms with van der Waals surface area (Å²) in [5.74, 6) is 1.53. The highest BCUT2D eigenvalue weighted by atomic mass is 32.2. The molecule has 0 saturated heterocycles. The molecule has 176 valence electrons. The molecule has 5 heteroatoms. The average molecular weight is 466 g/mol. The Labute approximate surface area is 198 Å². The average Bonchev–Trinajstić information content (AvgIpc) is 3.12. The zero-order chi connectivity index (χ0) is 23.6. The van der Waals surface area contributed by atoms with Crippen LogP contribution < -0.4 is 0 Å². The topological polar surface area (TPSA) is 58.7 Å². The van der Waals surface area contributed by atoms with Gasteiger partial charge in [0.15, 0.2) is 0 Å². The summed E-state index contributed by atoms with van der Waals surface area (Å²) in [6.45, 7) is 14.4. The number of fused-ring (bicyclic) bond motifs is 5. The second kappa shape index (κ2) is 7.82. The van der Waals surface area contributed by atoms with Crippen molar-refractivity contribution in [2.75, 3.05) is 0 Å². The van der Waals surface area contributed by atoms with Crippen molar-refractivity contribution in [3.8, 4) is 0 Å². The van der Waals surface area contributed by atoms with E-state index in [1.165, 1.54) is 5.57 Å². The van der Waals surface area contributed by atoms with Crippen molar-refractivity contribution in [3.63, 3.8) is 0 Å². The summed E-state index contributed by atoms with van der Waals surface area (Å²) < 4.78 is 27.1. The number of nitrogens with zero attached hydrogens (tertiary/aromatic N) is 1. The molecule has 1 aromatic rings. The number of aryl methyl sites for hydroxylation is 1. The molecule has 0 aromatic heterocycles. The monoisotopic (exact) mass is 465 g/mol. The minimum atomic E-state index is -3.82. The van der Waals surface area contributed by atoms with Gasteiger partial charge in [0.2, 0.25) is 9.84 Å². The van der Waals surface area contributed by atoms with Crippen LogP contribution in [0, 0.1) is 42.1 Å². The Kier molecular flexibility index (Phi) is 5.42. The Morgan fingerprint density at radius 3 is 2.42 bits per heavy atom. The predicted molar refractivity (Wildman–Crippen MR) is 130 cm³/mol. The first-order valence-electron chi connectivity index (χ1n) is 12.4. The maximum Gasteiger partial charge on any atom is 0.282 e. The van der Waals surface area contributed by atoms with Gasteiger partial charge in [-0.15, -0.1) is 0 Å².